The SMILES string of the molecule is CCCc1c(OCCCOc2cc(O)c(-c3ccc(F)cc3)cc2CC)ccc2c1OC(C(=O)NCC(CCNC(=O)OC(C)(C)C)C(=O)O)CC2. The lowest BCUT2D eigenvalue weighted by Crippen LogP contribution is -2.44. The van der Waals surface area contributed by atoms with Crippen LogP contribution >= 0.6 is 0 Å². The highest BCUT2D eigenvalue weighted by atomic mass is 19.1. The molecule has 0 fully saturated rings. The first kappa shape index (κ1) is 39.8. The third kappa shape index (κ3) is 11.2. The average molecular weight is 723 g/mol. The van der Waals surface area contributed by atoms with Gasteiger partial charge in [0.05, 0.1) is 19.1 Å². The van der Waals surface area contributed by atoms with Gasteiger partial charge in [-0.3, -0.25) is 9.59 Å². The molecule has 1 aliphatic rings. The lowest BCUT2D eigenvalue weighted by molar-refractivity contribution is -0.142. The standard InChI is InChI=1S/C40H51FN2O9/c1-6-9-30-33(49-20-8-21-50-35-23-32(44)31(22-25(35)7-2)26-10-14-29(41)15-11-26)16-12-27-13-17-34(51-36(27)30)37(45)43-24-28(38(46)47)18-19-42-39(48)52-40(3,4)5/h10-12,14-16,22-23,28,34,44H,6-9,13,17-21,24H2,1-5H3,(H,42,48)(H,43,45)(H,46,47). The topological polar surface area (TPSA) is 153 Å². The number of alkyl carbamates (subject to hydrolysis) is 1. The van der Waals surface area contributed by atoms with Crippen LogP contribution in [0.15, 0.2) is 48.5 Å². The quantitative estimate of drug-likeness (QED) is 0.108. The smallest absolute Gasteiger partial charge is 0.407 e. The molecule has 3 aromatic rings. The Morgan fingerprint density at radius 3 is 2.37 bits per heavy atom. The fourth-order valence-corrected chi connectivity index (χ4v) is 5.92. The van der Waals surface area contributed by atoms with Crippen molar-refractivity contribution in [1.82, 2.24) is 10.6 Å². The van der Waals surface area contributed by atoms with E-state index in [0.29, 0.717) is 73.7 Å². The summed E-state index contributed by atoms with van der Waals surface area (Å²) in [6.07, 6.45) is 2.50. The summed E-state index contributed by atoms with van der Waals surface area (Å²) in [6, 6.07) is 13.3. The van der Waals surface area contributed by atoms with E-state index in [0.717, 1.165) is 23.1 Å². The van der Waals surface area contributed by atoms with Gasteiger partial charge in [-0.1, -0.05) is 38.5 Å². The Hall–Kier alpha value is -5.00. The molecule has 0 saturated carbocycles. The molecule has 3 aromatic carbocycles. The number of fused-ring (bicyclic) bond motifs is 1. The van der Waals surface area contributed by atoms with Gasteiger partial charge in [-0.15, -0.1) is 0 Å². The molecular weight excluding hydrogens is 671 g/mol. The van der Waals surface area contributed by atoms with Crippen molar-refractivity contribution in [3.63, 3.8) is 0 Å². The first-order valence-corrected chi connectivity index (χ1v) is 18.0. The van der Waals surface area contributed by atoms with Gasteiger partial charge in [-0.05, 0) is 93.8 Å². The largest absolute Gasteiger partial charge is 0.507 e. The van der Waals surface area contributed by atoms with E-state index in [1.807, 2.05) is 25.1 Å². The van der Waals surface area contributed by atoms with E-state index >= 15 is 0 Å². The van der Waals surface area contributed by atoms with Crippen molar-refractivity contribution in [1.29, 1.82) is 0 Å². The minimum Gasteiger partial charge on any atom is -0.507 e. The summed E-state index contributed by atoms with van der Waals surface area (Å²) in [5, 5.41) is 25.7. The van der Waals surface area contributed by atoms with E-state index in [4.69, 9.17) is 18.9 Å². The van der Waals surface area contributed by atoms with Gasteiger partial charge in [-0.2, -0.15) is 0 Å². The summed E-state index contributed by atoms with van der Waals surface area (Å²) in [5.41, 5.74) is 3.43. The van der Waals surface area contributed by atoms with E-state index in [1.165, 1.54) is 12.1 Å². The number of carbonyl (C=O) groups excluding carboxylic acids is 2. The van der Waals surface area contributed by atoms with Crippen LogP contribution in [0, 0.1) is 11.7 Å². The molecule has 4 rings (SSSR count). The number of ether oxygens (including phenoxy) is 4. The van der Waals surface area contributed by atoms with Crippen LogP contribution in [0.4, 0.5) is 9.18 Å². The predicted octanol–water partition coefficient (Wildman–Crippen LogP) is 6.99. The average Bonchev–Trinajstić information content (AvgIpc) is 3.09. The molecule has 0 saturated heterocycles. The Labute approximate surface area is 304 Å². The van der Waals surface area contributed by atoms with Crippen molar-refractivity contribution < 1.29 is 47.9 Å². The zero-order chi connectivity index (χ0) is 37.8. The molecule has 1 aliphatic heterocycles. The predicted molar refractivity (Wildman–Crippen MR) is 195 cm³/mol. The molecule has 0 radical (unpaired) electrons. The van der Waals surface area contributed by atoms with Gasteiger partial charge in [0.15, 0.2) is 6.10 Å². The Morgan fingerprint density at radius 2 is 1.71 bits per heavy atom. The molecule has 0 spiro atoms. The van der Waals surface area contributed by atoms with Crippen LogP contribution in [0.25, 0.3) is 11.1 Å². The Bertz CT molecular complexity index is 1690. The first-order chi connectivity index (χ1) is 24.8. The monoisotopic (exact) mass is 722 g/mol. The van der Waals surface area contributed by atoms with Gasteiger partial charge < -0.3 is 39.8 Å². The summed E-state index contributed by atoms with van der Waals surface area (Å²) >= 11 is 0. The molecule has 2 atom stereocenters. The fourth-order valence-electron chi connectivity index (χ4n) is 5.92. The maximum atomic E-state index is 13.4. The zero-order valence-corrected chi connectivity index (χ0v) is 30.7. The number of rotatable bonds is 17. The van der Waals surface area contributed by atoms with Gasteiger partial charge in [-0.25, -0.2) is 9.18 Å². The molecular formula is C40H51FN2O9. The lowest BCUT2D eigenvalue weighted by Gasteiger charge is -2.28. The maximum Gasteiger partial charge on any atom is 0.407 e. The minimum absolute atomic E-state index is 0.0506. The van der Waals surface area contributed by atoms with E-state index in [-0.39, 0.29) is 31.1 Å². The summed E-state index contributed by atoms with van der Waals surface area (Å²) in [6.45, 7) is 9.95. The van der Waals surface area contributed by atoms with E-state index in [1.54, 1.807) is 39.0 Å². The highest BCUT2D eigenvalue weighted by Crippen LogP contribution is 2.39. The van der Waals surface area contributed by atoms with Crippen molar-refractivity contribution in [2.45, 2.75) is 91.3 Å². The van der Waals surface area contributed by atoms with Crippen molar-refractivity contribution in [2.75, 3.05) is 26.3 Å². The number of halogens is 1. The van der Waals surface area contributed by atoms with Gasteiger partial charge >= 0.3 is 12.1 Å². The number of phenolic OH excluding ortho intramolecular Hbond substituents is 1. The number of phenols is 1. The molecule has 11 nitrogen and oxygen atoms in total. The van der Waals surface area contributed by atoms with Crippen LogP contribution in [0.3, 0.4) is 0 Å². The molecule has 2 unspecified atom stereocenters. The van der Waals surface area contributed by atoms with Crippen LogP contribution in [0.2, 0.25) is 0 Å². The molecule has 0 bridgehead atoms. The van der Waals surface area contributed by atoms with Crippen molar-refractivity contribution >= 4 is 18.0 Å². The number of benzene rings is 3. The number of hydrogen-bond donors (Lipinski definition) is 4. The van der Waals surface area contributed by atoms with Crippen LogP contribution in [0.1, 0.15) is 77.0 Å². The van der Waals surface area contributed by atoms with E-state index in [2.05, 4.69) is 17.6 Å². The number of carboxylic acid groups (broad SMARTS) is 1. The van der Waals surface area contributed by atoms with E-state index < -0.39 is 35.6 Å². The normalized spacial score (nSPS) is 14.4. The highest BCUT2D eigenvalue weighted by molar-refractivity contribution is 5.82. The van der Waals surface area contributed by atoms with Crippen LogP contribution < -0.4 is 24.8 Å². The molecule has 1 heterocycles. The second kappa shape index (κ2) is 18.5. The molecule has 0 aromatic heterocycles. The van der Waals surface area contributed by atoms with Crippen LogP contribution in [-0.4, -0.2) is 66.2 Å². The summed E-state index contributed by atoms with van der Waals surface area (Å²) in [4.78, 5) is 36.9. The number of amides is 2. The van der Waals surface area contributed by atoms with Crippen LogP contribution in [0.5, 0.6) is 23.0 Å². The molecule has 0 aliphatic carbocycles. The number of carbonyl (C=O) groups is 3. The molecule has 282 valence electrons. The summed E-state index contributed by atoms with van der Waals surface area (Å²) in [7, 11) is 0. The Kier molecular flexibility index (Phi) is 14.1. The van der Waals surface area contributed by atoms with Crippen molar-refractivity contribution in [3.8, 4) is 34.1 Å². The number of aliphatic carboxylic acids is 1. The molecule has 4 N–H and O–H groups in total. The third-order valence-corrected chi connectivity index (χ3v) is 8.58. The van der Waals surface area contributed by atoms with Gasteiger partial charge in [0.1, 0.15) is 34.4 Å². The number of aryl methyl sites for hydroxylation is 2. The number of nitrogens with one attached hydrogen (secondary N) is 2. The Balaban J connectivity index is 1.31. The molecule has 52 heavy (non-hydrogen) atoms. The van der Waals surface area contributed by atoms with Gasteiger partial charge in [0.2, 0.25) is 0 Å². The van der Waals surface area contributed by atoms with Crippen molar-refractivity contribution in [2.24, 2.45) is 5.92 Å². The second-order valence-corrected chi connectivity index (χ2v) is 13.8. The van der Waals surface area contributed by atoms with Crippen molar-refractivity contribution in [3.05, 3.63) is 71.0 Å². The Morgan fingerprint density at radius 1 is 1.00 bits per heavy atom. The second-order valence-electron chi connectivity index (χ2n) is 13.8. The summed E-state index contributed by atoms with van der Waals surface area (Å²) in [5.74, 6) is -0.803. The number of carboxylic acids is 1. The van der Waals surface area contributed by atoms with Gasteiger partial charge in [0, 0.05) is 36.7 Å². The fraction of sp³-hybridized carbons (Fsp3) is 0.475. The highest BCUT2D eigenvalue weighted by Gasteiger charge is 2.30. The first-order valence-electron chi connectivity index (χ1n) is 18.0. The van der Waals surface area contributed by atoms with Crippen LogP contribution in [-0.2, 0) is 33.6 Å². The summed E-state index contributed by atoms with van der Waals surface area (Å²) < 4.78 is 37.1. The third-order valence-electron chi connectivity index (χ3n) is 8.58. The zero-order valence-electron chi connectivity index (χ0n) is 30.7. The van der Waals surface area contributed by atoms with E-state index in [9.17, 15) is 29.0 Å². The minimum atomic E-state index is -1.08. The number of hydrogen-bond acceptors (Lipinski definition) is 8. The maximum absolute atomic E-state index is 13.4. The molecule has 12 heteroatoms. The number of aromatic hydroxyl groups is 1. The molecule has 2 amide bonds. The van der Waals surface area contributed by atoms with Gasteiger partial charge in [0.25, 0.3) is 5.91 Å². The lowest BCUT2D eigenvalue weighted by atomic mass is 9.96.